The normalized spacial score (nSPS) is 10.8. The monoisotopic (exact) mass is 265 g/mol. The number of unbranched alkanes of at least 4 members (excludes halogenated alkanes) is 1. The first-order valence-corrected chi connectivity index (χ1v) is 7.44. The van der Waals surface area contributed by atoms with E-state index >= 15 is 0 Å². The molecule has 0 saturated heterocycles. The topological polar surface area (TPSA) is 53.1 Å². The van der Waals surface area contributed by atoms with E-state index in [4.69, 9.17) is 11.1 Å². The van der Waals surface area contributed by atoms with Crippen molar-refractivity contribution in [2.45, 2.75) is 26.3 Å². The van der Waals surface area contributed by atoms with Gasteiger partial charge >= 0.3 is 0 Å². The molecule has 0 unspecified atom stereocenters. The molecule has 0 aliphatic carbocycles. The number of nitrogens with zero attached hydrogens (tertiary/aromatic N) is 1. The summed E-state index contributed by atoms with van der Waals surface area (Å²) < 4.78 is 0. The molecule has 0 atom stereocenters. The Morgan fingerprint density at radius 1 is 1.28 bits per heavy atom. The van der Waals surface area contributed by atoms with E-state index in [-0.39, 0.29) is 5.17 Å². The molecule has 3 N–H and O–H groups in total. The number of nitrogens with two attached hydrogens (primary N) is 1. The first-order chi connectivity index (χ1) is 8.72. The van der Waals surface area contributed by atoms with Crippen molar-refractivity contribution in [3.05, 3.63) is 35.9 Å². The van der Waals surface area contributed by atoms with E-state index in [2.05, 4.69) is 36.1 Å². The molecule has 1 aromatic rings. The summed E-state index contributed by atoms with van der Waals surface area (Å²) in [6.45, 7) is 5.30. The predicted octanol–water partition coefficient (Wildman–Crippen LogP) is 2.92. The first kappa shape index (κ1) is 15.1. The average Bonchev–Trinajstić information content (AvgIpc) is 2.36. The molecule has 0 radical (unpaired) electrons. The fraction of sp³-hybridized carbons (Fsp3) is 0.500. The zero-order valence-electron chi connectivity index (χ0n) is 11.1. The minimum Gasteiger partial charge on any atom is -0.379 e. The van der Waals surface area contributed by atoms with Crippen molar-refractivity contribution in [3.8, 4) is 0 Å². The van der Waals surface area contributed by atoms with Crippen molar-refractivity contribution in [3.63, 3.8) is 0 Å². The lowest BCUT2D eigenvalue weighted by Gasteiger charge is -2.21. The minimum atomic E-state index is 0.213. The third-order valence-electron chi connectivity index (χ3n) is 2.74. The summed E-state index contributed by atoms with van der Waals surface area (Å²) in [6, 6.07) is 10.5. The number of benzene rings is 1. The van der Waals surface area contributed by atoms with Gasteiger partial charge in [0, 0.05) is 18.8 Å². The highest BCUT2D eigenvalue weighted by Gasteiger charge is 2.05. The molecule has 0 aliphatic rings. The van der Waals surface area contributed by atoms with E-state index in [1.165, 1.54) is 30.2 Å². The van der Waals surface area contributed by atoms with Crippen LogP contribution in [0.5, 0.6) is 0 Å². The van der Waals surface area contributed by atoms with Crippen molar-refractivity contribution in [1.29, 1.82) is 5.41 Å². The molecule has 1 aromatic carbocycles. The van der Waals surface area contributed by atoms with Crippen LogP contribution in [-0.4, -0.2) is 28.9 Å². The maximum absolute atomic E-state index is 7.22. The Balaban J connectivity index is 2.42. The second-order valence-corrected chi connectivity index (χ2v) is 5.46. The van der Waals surface area contributed by atoms with Crippen molar-refractivity contribution in [2.75, 3.05) is 18.8 Å². The van der Waals surface area contributed by atoms with Crippen LogP contribution in [0.3, 0.4) is 0 Å². The molecular weight excluding hydrogens is 242 g/mol. The molecule has 0 aromatic heterocycles. The van der Waals surface area contributed by atoms with Crippen LogP contribution in [0.1, 0.15) is 25.3 Å². The number of nitrogens with one attached hydrogen (secondary N) is 1. The molecule has 0 amide bonds. The Hall–Kier alpha value is -1.00. The Bertz CT molecular complexity index is 340. The fourth-order valence-electron chi connectivity index (χ4n) is 1.78. The van der Waals surface area contributed by atoms with Crippen LogP contribution in [0.2, 0.25) is 0 Å². The van der Waals surface area contributed by atoms with Gasteiger partial charge in [0.25, 0.3) is 0 Å². The molecule has 0 heterocycles. The number of rotatable bonds is 8. The predicted molar refractivity (Wildman–Crippen MR) is 81.0 cm³/mol. The number of hydrogen-bond donors (Lipinski definition) is 2. The Morgan fingerprint density at radius 3 is 2.61 bits per heavy atom. The van der Waals surface area contributed by atoms with Crippen LogP contribution in [0.15, 0.2) is 30.3 Å². The Morgan fingerprint density at radius 2 is 2.00 bits per heavy atom. The van der Waals surface area contributed by atoms with Gasteiger partial charge in [-0.2, -0.15) is 0 Å². The third-order valence-corrected chi connectivity index (χ3v) is 3.44. The van der Waals surface area contributed by atoms with E-state index in [0.29, 0.717) is 0 Å². The van der Waals surface area contributed by atoms with Crippen LogP contribution in [0.25, 0.3) is 0 Å². The number of thioether (sulfide) groups is 1. The van der Waals surface area contributed by atoms with Gasteiger partial charge in [0.15, 0.2) is 5.17 Å². The van der Waals surface area contributed by atoms with Gasteiger partial charge in [0.05, 0.1) is 0 Å². The van der Waals surface area contributed by atoms with Crippen LogP contribution in [0.4, 0.5) is 0 Å². The van der Waals surface area contributed by atoms with E-state index in [1.54, 1.807) is 0 Å². The van der Waals surface area contributed by atoms with Crippen LogP contribution in [0, 0.1) is 5.41 Å². The van der Waals surface area contributed by atoms with Crippen LogP contribution in [-0.2, 0) is 6.54 Å². The summed E-state index contributed by atoms with van der Waals surface area (Å²) in [5, 5.41) is 7.43. The summed E-state index contributed by atoms with van der Waals surface area (Å²) in [5.74, 6) is 0.895. The highest BCUT2D eigenvalue weighted by Crippen LogP contribution is 2.08. The van der Waals surface area contributed by atoms with E-state index in [0.717, 1.165) is 25.4 Å². The summed E-state index contributed by atoms with van der Waals surface area (Å²) in [4.78, 5) is 2.44. The molecule has 4 heteroatoms. The maximum Gasteiger partial charge on any atom is 0.151 e. The summed E-state index contributed by atoms with van der Waals surface area (Å²) in [5.41, 5.74) is 6.71. The lowest BCUT2D eigenvalue weighted by Crippen LogP contribution is -2.27. The summed E-state index contributed by atoms with van der Waals surface area (Å²) in [6.07, 6.45) is 2.43. The standard InChI is InChI=1S/C14H23N3S/c1-2-3-9-17(10-11-18-14(15)16)12-13-7-5-4-6-8-13/h4-8H,2-3,9-12H2,1H3,(H3,15,16). The van der Waals surface area contributed by atoms with Crippen LogP contribution < -0.4 is 5.73 Å². The average molecular weight is 265 g/mol. The van der Waals surface area contributed by atoms with Gasteiger partial charge in [-0.3, -0.25) is 10.3 Å². The Labute approximate surface area is 114 Å². The van der Waals surface area contributed by atoms with Crippen molar-refractivity contribution < 1.29 is 0 Å². The zero-order chi connectivity index (χ0) is 13.2. The number of amidine groups is 1. The fourth-order valence-corrected chi connectivity index (χ4v) is 2.35. The minimum absolute atomic E-state index is 0.213. The van der Waals surface area contributed by atoms with E-state index in [1.807, 2.05) is 6.07 Å². The van der Waals surface area contributed by atoms with Gasteiger partial charge in [-0.15, -0.1) is 0 Å². The van der Waals surface area contributed by atoms with Crippen LogP contribution >= 0.6 is 11.8 Å². The molecule has 0 spiro atoms. The first-order valence-electron chi connectivity index (χ1n) is 6.45. The quantitative estimate of drug-likeness (QED) is 0.561. The van der Waals surface area contributed by atoms with Gasteiger partial charge in [-0.05, 0) is 18.5 Å². The van der Waals surface area contributed by atoms with Crippen molar-refractivity contribution in [1.82, 2.24) is 4.90 Å². The molecule has 0 saturated carbocycles. The van der Waals surface area contributed by atoms with Gasteiger partial charge in [-0.1, -0.05) is 55.4 Å². The van der Waals surface area contributed by atoms with Gasteiger partial charge in [-0.25, -0.2) is 0 Å². The lowest BCUT2D eigenvalue weighted by molar-refractivity contribution is 0.278. The highest BCUT2D eigenvalue weighted by atomic mass is 32.2. The molecule has 18 heavy (non-hydrogen) atoms. The van der Waals surface area contributed by atoms with Gasteiger partial charge in [0.2, 0.25) is 0 Å². The third kappa shape index (κ3) is 6.67. The van der Waals surface area contributed by atoms with Gasteiger partial charge < -0.3 is 5.73 Å². The van der Waals surface area contributed by atoms with E-state index < -0.39 is 0 Å². The highest BCUT2D eigenvalue weighted by molar-refractivity contribution is 8.13. The van der Waals surface area contributed by atoms with Gasteiger partial charge in [0.1, 0.15) is 0 Å². The van der Waals surface area contributed by atoms with Crippen molar-refractivity contribution >= 4 is 16.9 Å². The molecular formula is C14H23N3S. The SMILES string of the molecule is CCCCN(CCSC(=N)N)Cc1ccccc1. The maximum atomic E-state index is 7.22. The zero-order valence-corrected chi connectivity index (χ0v) is 11.9. The second kappa shape index (κ2) is 9.00. The molecule has 3 nitrogen and oxygen atoms in total. The molecule has 1 rings (SSSR count). The second-order valence-electron chi connectivity index (χ2n) is 4.33. The molecule has 0 fully saturated rings. The summed E-state index contributed by atoms with van der Waals surface area (Å²) >= 11 is 1.42. The summed E-state index contributed by atoms with van der Waals surface area (Å²) in [7, 11) is 0. The molecule has 0 bridgehead atoms. The molecule has 100 valence electrons. The lowest BCUT2D eigenvalue weighted by atomic mass is 10.2. The van der Waals surface area contributed by atoms with Crippen molar-refractivity contribution in [2.24, 2.45) is 5.73 Å². The molecule has 0 aliphatic heterocycles. The smallest absolute Gasteiger partial charge is 0.151 e. The van der Waals surface area contributed by atoms with E-state index in [9.17, 15) is 0 Å². The number of hydrogen-bond acceptors (Lipinski definition) is 3. The Kier molecular flexibility index (Phi) is 7.53. The largest absolute Gasteiger partial charge is 0.379 e.